The maximum Gasteiger partial charge on any atom is 0.416 e. The predicted octanol–water partition coefficient (Wildman–Crippen LogP) is 4.64. The van der Waals surface area contributed by atoms with E-state index in [0.29, 0.717) is 27.6 Å². The molecular formula is C16H13F3N2O2S. The molecule has 1 aromatic heterocycles. The van der Waals surface area contributed by atoms with Crippen molar-refractivity contribution >= 4 is 26.7 Å². The number of nitrogens with zero attached hydrogens (tertiary/aromatic N) is 1. The molecule has 2 aromatic carbocycles. The number of hydrogen-bond donors (Lipinski definition) is 2. The molecule has 8 heteroatoms. The summed E-state index contributed by atoms with van der Waals surface area (Å²) in [4.78, 5) is 4.18. The molecule has 0 atom stereocenters. The number of alkyl halides is 3. The minimum atomic E-state index is -4.38. The highest BCUT2D eigenvalue weighted by Crippen LogP contribution is 2.34. The lowest BCUT2D eigenvalue weighted by molar-refractivity contribution is -0.137. The number of fused-ring (bicyclic) bond motifs is 1. The van der Waals surface area contributed by atoms with Gasteiger partial charge in [0.25, 0.3) is 0 Å². The summed E-state index contributed by atoms with van der Waals surface area (Å²) < 4.78 is 43.8. The number of halogens is 3. The Hall–Kier alpha value is -2.48. The van der Waals surface area contributed by atoms with Crippen LogP contribution >= 0.6 is 11.3 Å². The van der Waals surface area contributed by atoms with E-state index < -0.39 is 11.7 Å². The van der Waals surface area contributed by atoms with Gasteiger partial charge < -0.3 is 15.2 Å². The first kappa shape index (κ1) is 16.4. The molecule has 1 heterocycles. The van der Waals surface area contributed by atoms with Crippen molar-refractivity contribution < 1.29 is 23.0 Å². The van der Waals surface area contributed by atoms with Crippen LogP contribution in [0.4, 0.5) is 18.3 Å². The molecule has 0 amide bonds. The number of rotatable bonds is 4. The number of aromatic hydroxyl groups is 1. The predicted molar refractivity (Wildman–Crippen MR) is 86.6 cm³/mol. The summed E-state index contributed by atoms with van der Waals surface area (Å²) in [7, 11) is 1.46. The topological polar surface area (TPSA) is 54.4 Å². The molecule has 126 valence electrons. The van der Waals surface area contributed by atoms with Crippen LogP contribution < -0.4 is 10.1 Å². The van der Waals surface area contributed by atoms with Gasteiger partial charge in [-0.3, -0.25) is 0 Å². The summed E-state index contributed by atoms with van der Waals surface area (Å²) in [5, 5.41) is 13.3. The van der Waals surface area contributed by atoms with Gasteiger partial charge in [0.1, 0.15) is 0 Å². The molecule has 0 unspecified atom stereocenters. The van der Waals surface area contributed by atoms with Crippen molar-refractivity contribution in [2.45, 2.75) is 12.7 Å². The van der Waals surface area contributed by atoms with E-state index >= 15 is 0 Å². The van der Waals surface area contributed by atoms with Gasteiger partial charge in [-0.05, 0) is 35.9 Å². The Balaban J connectivity index is 1.77. The third kappa shape index (κ3) is 3.38. The summed E-state index contributed by atoms with van der Waals surface area (Å²) >= 11 is 1.27. The number of ether oxygens (including phenoxy) is 1. The zero-order valence-electron chi connectivity index (χ0n) is 12.5. The number of thiazole rings is 1. The zero-order valence-corrected chi connectivity index (χ0v) is 13.3. The molecular weight excluding hydrogens is 341 g/mol. The van der Waals surface area contributed by atoms with Gasteiger partial charge in [-0.25, -0.2) is 4.98 Å². The van der Waals surface area contributed by atoms with Crippen LogP contribution in [0.1, 0.15) is 11.1 Å². The molecule has 0 spiro atoms. The molecule has 0 fully saturated rings. The lowest BCUT2D eigenvalue weighted by Gasteiger charge is -2.06. The number of aromatic nitrogens is 1. The molecule has 0 aliphatic rings. The maximum absolute atomic E-state index is 12.7. The first-order chi connectivity index (χ1) is 11.4. The van der Waals surface area contributed by atoms with E-state index in [1.165, 1.54) is 24.5 Å². The molecule has 0 saturated carbocycles. The van der Waals surface area contributed by atoms with E-state index in [4.69, 9.17) is 4.74 Å². The smallest absolute Gasteiger partial charge is 0.416 e. The fourth-order valence-corrected chi connectivity index (χ4v) is 3.04. The Kier molecular flexibility index (Phi) is 4.23. The second kappa shape index (κ2) is 6.20. The second-order valence-electron chi connectivity index (χ2n) is 5.06. The molecule has 0 saturated heterocycles. The quantitative estimate of drug-likeness (QED) is 0.717. The van der Waals surface area contributed by atoms with Crippen LogP contribution in [0, 0.1) is 0 Å². The monoisotopic (exact) mass is 354 g/mol. The van der Waals surface area contributed by atoms with E-state index in [9.17, 15) is 18.3 Å². The minimum Gasteiger partial charge on any atom is -0.504 e. The fraction of sp³-hybridized carbons (Fsp3) is 0.188. The van der Waals surface area contributed by atoms with Crippen LogP contribution in [0.3, 0.4) is 0 Å². The lowest BCUT2D eigenvalue weighted by Crippen LogP contribution is -2.04. The summed E-state index contributed by atoms with van der Waals surface area (Å²) in [6, 6.07) is 8.48. The number of phenols is 1. The number of benzene rings is 2. The van der Waals surface area contributed by atoms with Crippen LogP contribution in [0.15, 0.2) is 36.4 Å². The van der Waals surface area contributed by atoms with Gasteiger partial charge in [0.2, 0.25) is 0 Å². The largest absolute Gasteiger partial charge is 0.504 e. The fourth-order valence-electron chi connectivity index (χ4n) is 2.20. The number of nitrogens with one attached hydrogen (secondary N) is 1. The average molecular weight is 354 g/mol. The third-order valence-corrected chi connectivity index (χ3v) is 4.40. The van der Waals surface area contributed by atoms with E-state index in [1.54, 1.807) is 18.2 Å². The first-order valence-electron chi connectivity index (χ1n) is 6.94. The Morgan fingerprint density at radius 1 is 1.21 bits per heavy atom. The van der Waals surface area contributed by atoms with Gasteiger partial charge >= 0.3 is 6.18 Å². The SMILES string of the molecule is COc1ccc(CNc2nc3cc(C(F)(F)F)ccc3s2)cc1O. The molecule has 3 aromatic rings. The number of methoxy groups -OCH3 is 1. The molecule has 0 aliphatic heterocycles. The van der Waals surface area contributed by atoms with Gasteiger partial charge in [-0.15, -0.1) is 0 Å². The summed E-state index contributed by atoms with van der Waals surface area (Å²) in [5.74, 6) is 0.398. The molecule has 4 nitrogen and oxygen atoms in total. The normalized spacial score (nSPS) is 11.7. The van der Waals surface area contributed by atoms with Gasteiger partial charge in [0.05, 0.1) is 22.9 Å². The molecule has 0 bridgehead atoms. The van der Waals surface area contributed by atoms with E-state index in [-0.39, 0.29) is 5.75 Å². The van der Waals surface area contributed by atoms with Gasteiger partial charge in [-0.1, -0.05) is 17.4 Å². The van der Waals surface area contributed by atoms with Crippen LogP contribution in [-0.2, 0) is 12.7 Å². The van der Waals surface area contributed by atoms with Crippen molar-refractivity contribution in [3.63, 3.8) is 0 Å². The van der Waals surface area contributed by atoms with Gasteiger partial charge in [-0.2, -0.15) is 13.2 Å². The maximum atomic E-state index is 12.7. The molecule has 0 radical (unpaired) electrons. The number of hydrogen-bond acceptors (Lipinski definition) is 5. The standard InChI is InChI=1S/C16H13F3N2O2S/c1-23-13-4-2-9(6-12(13)22)8-20-15-21-11-7-10(16(17,18)19)3-5-14(11)24-15/h2-7,22H,8H2,1H3,(H,20,21). The van der Waals surface area contributed by atoms with Crippen LogP contribution in [0.5, 0.6) is 11.5 Å². The van der Waals surface area contributed by atoms with Gasteiger partial charge in [0, 0.05) is 6.54 Å². The molecule has 0 aliphatic carbocycles. The number of anilines is 1. The third-order valence-electron chi connectivity index (χ3n) is 3.40. The van der Waals surface area contributed by atoms with E-state index in [0.717, 1.165) is 17.7 Å². The van der Waals surface area contributed by atoms with E-state index in [1.807, 2.05) is 0 Å². The highest BCUT2D eigenvalue weighted by atomic mass is 32.1. The summed E-state index contributed by atoms with van der Waals surface area (Å²) in [6.45, 7) is 0.378. The van der Waals surface area contributed by atoms with Crippen molar-refractivity contribution in [2.75, 3.05) is 12.4 Å². The zero-order chi connectivity index (χ0) is 17.3. The number of phenolic OH excluding ortho intramolecular Hbond substituents is 1. The van der Waals surface area contributed by atoms with Crippen LogP contribution in [0.2, 0.25) is 0 Å². The highest BCUT2D eigenvalue weighted by Gasteiger charge is 2.30. The Morgan fingerprint density at radius 2 is 2.00 bits per heavy atom. The molecule has 2 N–H and O–H groups in total. The molecule has 3 rings (SSSR count). The summed E-state index contributed by atoms with van der Waals surface area (Å²) in [6.07, 6.45) is -4.38. The Labute approximate surface area is 139 Å². The Bertz CT molecular complexity index is 877. The van der Waals surface area contributed by atoms with Crippen molar-refractivity contribution in [2.24, 2.45) is 0 Å². The van der Waals surface area contributed by atoms with Gasteiger partial charge in [0.15, 0.2) is 16.6 Å². The Morgan fingerprint density at radius 3 is 2.67 bits per heavy atom. The minimum absolute atomic E-state index is 0.0240. The van der Waals surface area contributed by atoms with Crippen molar-refractivity contribution in [1.82, 2.24) is 4.98 Å². The molecule has 24 heavy (non-hydrogen) atoms. The van der Waals surface area contributed by atoms with Crippen molar-refractivity contribution in [3.8, 4) is 11.5 Å². The highest BCUT2D eigenvalue weighted by molar-refractivity contribution is 7.22. The van der Waals surface area contributed by atoms with Crippen LogP contribution in [-0.4, -0.2) is 17.2 Å². The van der Waals surface area contributed by atoms with Crippen molar-refractivity contribution in [1.29, 1.82) is 0 Å². The van der Waals surface area contributed by atoms with Crippen molar-refractivity contribution in [3.05, 3.63) is 47.5 Å². The second-order valence-corrected chi connectivity index (χ2v) is 6.09. The van der Waals surface area contributed by atoms with Crippen LogP contribution in [0.25, 0.3) is 10.2 Å². The van der Waals surface area contributed by atoms with E-state index in [2.05, 4.69) is 10.3 Å². The average Bonchev–Trinajstić information content (AvgIpc) is 2.94. The first-order valence-corrected chi connectivity index (χ1v) is 7.76. The summed E-state index contributed by atoms with van der Waals surface area (Å²) in [5.41, 5.74) is 0.380. The lowest BCUT2D eigenvalue weighted by atomic mass is 10.2.